The average Bonchev–Trinajstić information content (AvgIpc) is 2.32. The lowest BCUT2D eigenvalue weighted by atomic mass is 10.1. The van der Waals surface area contributed by atoms with E-state index in [9.17, 15) is 13.2 Å². The predicted octanol–water partition coefficient (Wildman–Crippen LogP) is 1.38. The van der Waals surface area contributed by atoms with E-state index in [1.807, 2.05) is 20.8 Å². The van der Waals surface area contributed by atoms with Gasteiger partial charge in [0.25, 0.3) is 10.1 Å². The molecule has 124 valence electrons. The van der Waals surface area contributed by atoms with Crippen LogP contribution in [-0.4, -0.2) is 63.7 Å². The van der Waals surface area contributed by atoms with Crippen LogP contribution in [-0.2, 0) is 23.8 Å². The van der Waals surface area contributed by atoms with E-state index < -0.39 is 15.7 Å². The summed E-state index contributed by atoms with van der Waals surface area (Å²) in [7, 11) is -3.40. The van der Waals surface area contributed by atoms with Crippen molar-refractivity contribution in [3.05, 3.63) is 0 Å². The van der Waals surface area contributed by atoms with Gasteiger partial charge in [-0.25, -0.2) is 4.79 Å². The van der Waals surface area contributed by atoms with Gasteiger partial charge in [0, 0.05) is 6.54 Å². The summed E-state index contributed by atoms with van der Waals surface area (Å²) in [5, 5.41) is 0. The Labute approximate surface area is 126 Å². The lowest BCUT2D eigenvalue weighted by Crippen LogP contribution is -2.47. The van der Waals surface area contributed by atoms with Gasteiger partial charge in [-0.2, -0.15) is 8.42 Å². The molecule has 0 spiro atoms. The number of carbonyl (C=O) groups is 1. The molecular weight excluding hydrogens is 298 g/mol. The van der Waals surface area contributed by atoms with Crippen LogP contribution in [0.3, 0.4) is 0 Å². The minimum absolute atomic E-state index is 0.116. The molecule has 0 aromatic heterocycles. The second-order valence-corrected chi connectivity index (χ2v) is 7.73. The predicted molar refractivity (Wildman–Crippen MR) is 77.6 cm³/mol. The molecule has 0 radical (unpaired) electrons. The van der Waals surface area contributed by atoms with Crippen LogP contribution in [0.4, 0.5) is 4.79 Å². The van der Waals surface area contributed by atoms with Crippen molar-refractivity contribution in [2.24, 2.45) is 0 Å². The van der Waals surface area contributed by atoms with Crippen molar-refractivity contribution in [1.29, 1.82) is 0 Å². The number of amides is 1. The minimum Gasteiger partial charge on any atom is -0.444 e. The number of hydrogen-bond acceptors (Lipinski definition) is 6. The third kappa shape index (κ3) is 8.23. The van der Waals surface area contributed by atoms with E-state index in [1.165, 1.54) is 0 Å². The van der Waals surface area contributed by atoms with Crippen molar-refractivity contribution in [2.75, 3.05) is 32.6 Å². The van der Waals surface area contributed by atoms with E-state index in [2.05, 4.69) is 4.18 Å². The highest BCUT2D eigenvalue weighted by Crippen LogP contribution is 2.15. The maximum Gasteiger partial charge on any atom is 0.410 e. The van der Waals surface area contributed by atoms with Gasteiger partial charge in [-0.05, 0) is 33.6 Å². The maximum atomic E-state index is 12.0. The largest absolute Gasteiger partial charge is 0.444 e. The lowest BCUT2D eigenvalue weighted by molar-refractivity contribution is -0.0457. The summed E-state index contributed by atoms with van der Waals surface area (Å²) < 4.78 is 37.2. The molecule has 1 rings (SSSR count). The molecule has 0 bridgehead atoms. The smallest absolute Gasteiger partial charge is 0.410 e. The maximum absolute atomic E-state index is 12.0. The first kappa shape index (κ1) is 18.2. The molecule has 0 saturated carbocycles. The molecule has 1 heterocycles. The molecule has 1 fully saturated rings. The molecule has 0 N–H and O–H groups in total. The number of morpholine rings is 1. The van der Waals surface area contributed by atoms with Gasteiger partial charge in [-0.1, -0.05) is 0 Å². The number of rotatable bonds is 5. The van der Waals surface area contributed by atoms with E-state index in [-0.39, 0.29) is 18.8 Å². The zero-order chi connectivity index (χ0) is 16.1. The highest BCUT2D eigenvalue weighted by molar-refractivity contribution is 7.85. The van der Waals surface area contributed by atoms with Gasteiger partial charge in [-0.15, -0.1) is 0 Å². The Bertz CT molecular complexity index is 442. The molecule has 1 saturated heterocycles. The molecule has 8 heteroatoms. The van der Waals surface area contributed by atoms with Crippen molar-refractivity contribution in [3.8, 4) is 0 Å². The lowest BCUT2D eigenvalue weighted by Gasteiger charge is -2.34. The quantitative estimate of drug-likeness (QED) is 0.561. The molecule has 0 aromatic carbocycles. The third-order valence-corrected chi connectivity index (χ3v) is 3.35. The number of carbonyl (C=O) groups excluding carboxylic acids is 1. The van der Waals surface area contributed by atoms with Crippen LogP contribution in [0.2, 0.25) is 0 Å². The van der Waals surface area contributed by atoms with Gasteiger partial charge in [0.2, 0.25) is 0 Å². The highest BCUT2D eigenvalue weighted by atomic mass is 32.2. The van der Waals surface area contributed by atoms with Gasteiger partial charge in [0.05, 0.1) is 32.1 Å². The first-order valence-electron chi connectivity index (χ1n) is 7.01. The zero-order valence-electron chi connectivity index (χ0n) is 13.1. The van der Waals surface area contributed by atoms with Crippen LogP contribution in [0.1, 0.15) is 33.6 Å². The molecule has 0 unspecified atom stereocenters. The van der Waals surface area contributed by atoms with Gasteiger partial charge in [0.1, 0.15) is 5.60 Å². The first-order valence-corrected chi connectivity index (χ1v) is 8.82. The molecule has 7 nitrogen and oxygen atoms in total. The Balaban J connectivity index is 2.33. The molecule has 1 atom stereocenters. The summed E-state index contributed by atoms with van der Waals surface area (Å²) in [4.78, 5) is 13.6. The van der Waals surface area contributed by atoms with E-state index in [0.29, 0.717) is 32.5 Å². The molecule has 21 heavy (non-hydrogen) atoms. The fraction of sp³-hybridized carbons (Fsp3) is 0.923. The second-order valence-electron chi connectivity index (χ2n) is 6.09. The van der Waals surface area contributed by atoms with Crippen molar-refractivity contribution in [3.63, 3.8) is 0 Å². The number of nitrogens with zero attached hydrogens (tertiary/aromatic N) is 1. The van der Waals surface area contributed by atoms with Crippen LogP contribution in [0.5, 0.6) is 0 Å². The molecule has 1 aliphatic heterocycles. The van der Waals surface area contributed by atoms with Crippen LogP contribution < -0.4 is 0 Å². The standard InChI is InChI=1S/C13H25NO6S/c1-13(2,3)20-12(15)14-7-9-18-11(10-14)6-5-8-19-21(4,16)17/h11H,5-10H2,1-4H3/t11-/m1/s1. The SMILES string of the molecule is CC(C)(C)OC(=O)N1CCO[C@H](CCCOS(C)(=O)=O)C1. The van der Waals surface area contributed by atoms with Crippen molar-refractivity contribution in [1.82, 2.24) is 4.90 Å². The van der Waals surface area contributed by atoms with Gasteiger partial charge in [-0.3, -0.25) is 4.18 Å². The van der Waals surface area contributed by atoms with E-state index >= 15 is 0 Å². The summed E-state index contributed by atoms with van der Waals surface area (Å²) in [6.07, 6.45) is 1.75. The molecule has 0 aromatic rings. The summed E-state index contributed by atoms with van der Waals surface area (Å²) in [5.74, 6) is 0. The minimum atomic E-state index is -3.40. The monoisotopic (exact) mass is 323 g/mol. The fourth-order valence-electron chi connectivity index (χ4n) is 1.91. The van der Waals surface area contributed by atoms with Crippen LogP contribution in [0.15, 0.2) is 0 Å². The normalized spacial score (nSPS) is 20.4. The zero-order valence-corrected chi connectivity index (χ0v) is 13.9. The Morgan fingerprint density at radius 2 is 2.05 bits per heavy atom. The fourth-order valence-corrected chi connectivity index (χ4v) is 2.33. The molecular formula is C13H25NO6S. The third-order valence-electron chi connectivity index (χ3n) is 2.76. The second kappa shape index (κ2) is 7.42. The summed E-state index contributed by atoms with van der Waals surface area (Å²) in [5.41, 5.74) is -0.520. The summed E-state index contributed by atoms with van der Waals surface area (Å²) in [6, 6.07) is 0. The van der Waals surface area contributed by atoms with Crippen LogP contribution in [0, 0.1) is 0 Å². The van der Waals surface area contributed by atoms with E-state index in [1.54, 1.807) is 4.90 Å². The van der Waals surface area contributed by atoms with Crippen LogP contribution >= 0.6 is 0 Å². The van der Waals surface area contributed by atoms with Crippen molar-refractivity contribution < 1.29 is 26.9 Å². The van der Waals surface area contributed by atoms with E-state index in [0.717, 1.165) is 6.26 Å². The molecule has 1 aliphatic rings. The number of hydrogen-bond donors (Lipinski definition) is 0. The Hall–Kier alpha value is -0.860. The van der Waals surface area contributed by atoms with Gasteiger partial charge >= 0.3 is 6.09 Å². The van der Waals surface area contributed by atoms with E-state index in [4.69, 9.17) is 9.47 Å². The van der Waals surface area contributed by atoms with Gasteiger partial charge in [0.15, 0.2) is 0 Å². The van der Waals surface area contributed by atoms with Crippen LogP contribution in [0.25, 0.3) is 0 Å². The average molecular weight is 323 g/mol. The first-order chi connectivity index (χ1) is 9.57. The highest BCUT2D eigenvalue weighted by Gasteiger charge is 2.27. The Morgan fingerprint density at radius 3 is 2.62 bits per heavy atom. The van der Waals surface area contributed by atoms with Crippen molar-refractivity contribution >= 4 is 16.2 Å². The molecule has 1 amide bonds. The van der Waals surface area contributed by atoms with Crippen molar-refractivity contribution in [2.45, 2.75) is 45.3 Å². The summed E-state index contributed by atoms with van der Waals surface area (Å²) in [6.45, 7) is 7.02. The molecule has 0 aliphatic carbocycles. The number of ether oxygens (including phenoxy) is 2. The van der Waals surface area contributed by atoms with Gasteiger partial charge < -0.3 is 14.4 Å². The Morgan fingerprint density at radius 1 is 1.38 bits per heavy atom. The topological polar surface area (TPSA) is 82.1 Å². The Kier molecular flexibility index (Phi) is 6.42. The summed E-state index contributed by atoms with van der Waals surface area (Å²) >= 11 is 0.